The van der Waals surface area contributed by atoms with Crippen molar-refractivity contribution in [2.24, 2.45) is 11.8 Å². The number of rotatable bonds is 15. The van der Waals surface area contributed by atoms with E-state index in [0.717, 1.165) is 22.8 Å². The molecular formula is C41H50ClF3N6O3S. The zero-order chi connectivity index (χ0) is 40.1. The number of aryl methyl sites for hydroxylation is 2. The molecule has 5 rings (SSSR count). The maximum absolute atomic E-state index is 14.9. The third-order valence-corrected chi connectivity index (χ3v) is 11.7. The molecule has 3 unspecified atom stereocenters. The Balaban J connectivity index is 1.48. The van der Waals surface area contributed by atoms with Crippen molar-refractivity contribution in [3.63, 3.8) is 0 Å². The number of carbonyl (C=O) groups excluding carboxylic acids is 2. The molecule has 1 aliphatic carbocycles. The van der Waals surface area contributed by atoms with E-state index in [0.29, 0.717) is 46.2 Å². The summed E-state index contributed by atoms with van der Waals surface area (Å²) in [5.41, 5.74) is 1.48. The van der Waals surface area contributed by atoms with Gasteiger partial charge in [-0.1, -0.05) is 107 Å². The van der Waals surface area contributed by atoms with Gasteiger partial charge in [0.05, 0.1) is 34.6 Å². The molecule has 1 aliphatic rings. The van der Waals surface area contributed by atoms with E-state index in [2.05, 4.69) is 31.2 Å². The Morgan fingerprint density at radius 2 is 1.76 bits per heavy atom. The molecule has 296 valence electrons. The second-order valence-corrected chi connectivity index (χ2v) is 15.6. The Labute approximate surface area is 330 Å². The third-order valence-electron chi connectivity index (χ3n) is 11.0. The summed E-state index contributed by atoms with van der Waals surface area (Å²) in [6.45, 7) is 10.1. The molecule has 2 aromatic heterocycles. The number of aliphatic hydroxyl groups is 1. The summed E-state index contributed by atoms with van der Waals surface area (Å²) in [5, 5.41) is 25.4. The van der Waals surface area contributed by atoms with Crippen LogP contribution >= 0.6 is 23.8 Å². The summed E-state index contributed by atoms with van der Waals surface area (Å²) in [6.07, 6.45) is -2.63. The standard InChI is InChI=1S/C41H50ClF3N6O3S/c1-6-23(3)34(49-33(52)19-27-12-9-8-11-25(27)5)37(53)51-40(18-17-31-29(20-40)28-13-10-14-30(36(28)48-31)41(43,44)45)39(54)50-35(24(4)7-2)38(55)47-22-26-15-16-32(42)46-21-26/h8-16,21,23-24,34-35,37,48,51,53H,6-7,17-20,22H2,1-5H3,(H,47,55)(H,49,52)(H,50,54)/t23?,24?,34-,35-,37?,40+/m0/s1. The van der Waals surface area contributed by atoms with E-state index in [4.69, 9.17) is 23.8 Å². The second-order valence-electron chi connectivity index (χ2n) is 14.8. The van der Waals surface area contributed by atoms with Crippen molar-refractivity contribution in [3.05, 3.63) is 99.5 Å². The molecule has 55 heavy (non-hydrogen) atoms. The number of nitrogens with zero attached hydrogens (tertiary/aromatic N) is 1. The number of pyridine rings is 1. The van der Waals surface area contributed by atoms with Crippen LogP contribution < -0.4 is 21.3 Å². The highest BCUT2D eigenvalue weighted by Crippen LogP contribution is 2.40. The number of aromatic amines is 1. The van der Waals surface area contributed by atoms with Gasteiger partial charge in [-0.15, -0.1) is 0 Å². The minimum absolute atomic E-state index is 0.0270. The number of aromatic nitrogens is 2. The van der Waals surface area contributed by atoms with Crippen LogP contribution in [0.3, 0.4) is 0 Å². The molecule has 4 aromatic rings. The maximum atomic E-state index is 14.9. The van der Waals surface area contributed by atoms with Gasteiger partial charge in [0.15, 0.2) is 0 Å². The number of hydrogen-bond donors (Lipinski definition) is 6. The molecule has 2 amide bonds. The molecule has 2 heterocycles. The lowest BCUT2D eigenvalue weighted by molar-refractivity contribution is -0.136. The summed E-state index contributed by atoms with van der Waals surface area (Å²) in [7, 11) is 0. The van der Waals surface area contributed by atoms with Gasteiger partial charge in [-0.05, 0) is 66.0 Å². The molecular weight excluding hydrogens is 749 g/mol. The molecule has 9 nitrogen and oxygen atoms in total. The number of carbonyl (C=O) groups is 2. The van der Waals surface area contributed by atoms with Crippen LogP contribution in [0.15, 0.2) is 60.8 Å². The van der Waals surface area contributed by atoms with Crippen molar-refractivity contribution < 1.29 is 27.9 Å². The van der Waals surface area contributed by atoms with Crippen LogP contribution in [0.1, 0.15) is 80.5 Å². The molecule has 14 heteroatoms. The van der Waals surface area contributed by atoms with Gasteiger partial charge in [-0.2, -0.15) is 13.2 Å². The van der Waals surface area contributed by atoms with Crippen molar-refractivity contribution in [2.75, 3.05) is 0 Å². The lowest BCUT2D eigenvalue weighted by Gasteiger charge is -2.42. The maximum Gasteiger partial charge on any atom is 0.418 e. The quantitative estimate of drug-likeness (QED) is 0.0430. The van der Waals surface area contributed by atoms with Gasteiger partial charge >= 0.3 is 6.18 Å². The fourth-order valence-corrected chi connectivity index (χ4v) is 7.73. The van der Waals surface area contributed by atoms with E-state index in [-0.39, 0.29) is 48.9 Å². The van der Waals surface area contributed by atoms with Crippen LogP contribution in [0.5, 0.6) is 0 Å². The molecule has 0 spiro atoms. The number of para-hydroxylation sites is 1. The summed E-state index contributed by atoms with van der Waals surface area (Å²) in [5.74, 6) is -1.07. The highest BCUT2D eigenvalue weighted by Gasteiger charge is 2.47. The van der Waals surface area contributed by atoms with Gasteiger partial charge in [-0.25, -0.2) is 4.98 Å². The minimum Gasteiger partial charge on any atom is -0.376 e. The Kier molecular flexibility index (Phi) is 13.6. The van der Waals surface area contributed by atoms with Gasteiger partial charge in [0, 0.05) is 30.2 Å². The fourth-order valence-electron chi connectivity index (χ4n) is 7.26. The zero-order valence-electron chi connectivity index (χ0n) is 31.7. The second kappa shape index (κ2) is 17.8. The molecule has 0 aliphatic heterocycles. The van der Waals surface area contributed by atoms with Crippen LogP contribution in [-0.4, -0.2) is 55.7 Å². The van der Waals surface area contributed by atoms with Gasteiger partial charge in [0.1, 0.15) is 16.9 Å². The first-order chi connectivity index (χ1) is 26.1. The number of fused-ring (bicyclic) bond motifs is 3. The van der Waals surface area contributed by atoms with Crippen molar-refractivity contribution in [1.29, 1.82) is 0 Å². The number of thiocarbonyl (C=S) groups is 1. The van der Waals surface area contributed by atoms with E-state index < -0.39 is 41.5 Å². The smallest absolute Gasteiger partial charge is 0.376 e. The van der Waals surface area contributed by atoms with Crippen LogP contribution in [0, 0.1) is 18.8 Å². The first kappa shape index (κ1) is 42.1. The van der Waals surface area contributed by atoms with Gasteiger partial charge < -0.3 is 26.0 Å². The summed E-state index contributed by atoms with van der Waals surface area (Å²) < 4.78 is 42.4. The molecule has 0 bridgehead atoms. The number of nitrogens with one attached hydrogen (secondary N) is 5. The number of H-pyrrole nitrogens is 1. The number of amides is 2. The van der Waals surface area contributed by atoms with E-state index in [9.17, 15) is 27.9 Å². The van der Waals surface area contributed by atoms with Crippen molar-refractivity contribution in [3.8, 4) is 0 Å². The third kappa shape index (κ3) is 9.86. The molecule has 0 radical (unpaired) electrons. The molecule has 0 saturated heterocycles. The highest BCUT2D eigenvalue weighted by molar-refractivity contribution is 7.80. The highest BCUT2D eigenvalue weighted by atomic mass is 35.5. The van der Waals surface area contributed by atoms with Crippen molar-refractivity contribution in [2.45, 2.75) is 110 Å². The predicted octanol–water partition coefficient (Wildman–Crippen LogP) is 7.10. The van der Waals surface area contributed by atoms with Crippen LogP contribution in [0.25, 0.3) is 10.9 Å². The Bertz CT molecular complexity index is 1990. The lowest BCUT2D eigenvalue weighted by atomic mass is 9.77. The Hall–Kier alpha value is -4.04. The SMILES string of the molecule is CCC(C)[C@H](NC(=O)Cc1ccccc1C)C(O)N[C@]1(C(=O)N[C@H](C(=S)NCc2ccc(Cl)nc2)C(C)CC)CCc2[nH]c3c(C(F)(F)F)cccc3c2C1. The zero-order valence-corrected chi connectivity index (χ0v) is 33.3. The van der Waals surface area contributed by atoms with Crippen LogP contribution in [0.2, 0.25) is 5.15 Å². The van der Waals surface area contributed by atoms with Gasteiger partial charge in [-0.3, -0.25) is 14.9 Å². The van der Waals surface area contributed by atoms with Crippen molar-refractivity contribution >= 4 is 51.5 Å². The number of aliphatic hydroxyl groups excluding tert-OH is 1. The summed E-state index contributed by atoms with van der Waals surface area (Å²) >= 11 is 11.8. The van der Waals surface area contributed by atoms with Gasteiger partial charge in [0.2, 0.25) is 11.8 Å². The number of hydrogen-bond acceptors (Lipinski definition) is 6. The molecule has 6 N–H and O–H groups in total. The van der Waals surface area contributed by atoms with Crippen LogP contribution in [0.4, 0.5) is 13.2 Å². The molecule has 0 fully saturated rings. The number of halogens is 4. The number of benzene rings is 2. The van der Waals surface area contributed by atoms with E-state index in [1.165, 1.54) is 6.07 Å². The summed E-state index contributed by atoms with van der Waals surface area (Å²) in [6, 6.07) is 13.7. The molecule has 0 saturated carbocycles. The first-order valence-electron chi connectivity index (χ1n) is 18.7. The van der Waals surface area contributed by atoms with E-state index in [1.54, 1.807) is 18.3 Å². The van der Waals surface area contributed by atoms with Crippen molar-refractivity contribution in [1.82, 2.24) is 31.2 Å². The fraction of sp³-hybridized carbons (Fsp3) is 0.463. The predicted molar refractivity (Wildman–Crippen MR) is 214 cm³/mol. The minimum atomic E-state index is -4.59. The largest absolute Gasteiger partial charge is 0.418 e. The average molecular weight is 799 g/mol. The summed E-state index contributed by atoms with van der Waals surface area (Å²) in [4.78, 5) is 35.8. The average Bonchev–Trinajstić information content (AvgIpc) is 3.53. The monoisotopic (exact) mass is 798 g/mol. The Morgan fingerprint density at radius 3 is 2.42 bits per heavy atom. The van der Waals surface area contributed by atoms with E-state index >= 15 is 0 Å². The number of alkyl halides is 3. The Morgan fingerprint density at radius 1 is 1.04 bits per heavy atom. The topological polar surface area (TPSA) is 131 Å². The molecule has 2 aromatic carbocycles. The lowest BCUT2D eigenvalue weighted by Crippen LogP contribution is -2.68. The molecule has 6 atom stereocenters. The van der Waals surface area contributed by atoms with Gasteiger partial charge in [0.25, 0.3) is 0 Å². The normalized spacial score (nSPS) is 18.4. The van der Waals surface area contributed by atoms with E-state index in [1.807, 2.05) is 65.0 Å². The first-order valence-corrected chi connectivity index (χ1v) is 19.5. The van der Waals surface area contributed by atoms with Crippen LogP contribution in [-0.2, 0) is 41.6 Å².